The highest BCUT2D eigenvalue weighted by atomic mass is 32.2. The first-order chi connectivity index (χ1) is 15.0. The van der Waals surface area contributed by atoms with Crippen molar-refractivity contribution in [1.29, 1.82) is 0 Å². The van der Waals surface area contributed by atoms with Gasteiger partial charge in [0, 0.05) is 11.8 Å². The zero-order valence-electron chi connectivity index (χ0n) is 17.5. The summed E-state index contributed by atoms with van der Waals surface area (Å²) in [5.74, 6) is 0.0900. The molecule has 5 rings (SSSR count). The van der Waals surface area contributed by atoms with Gasteiger partial charge in [0.05, 0.1) is 23.1 Å². The summed E-state index contributed by atoms with van der Waals surface area (Å²) in [6, 6.07) is 27.5. The fourth-order valence-electron chi connectivity index (χ4n) is 5.21. The first-order valence-corrected chi connectivity index (χ1v) is 12.4. The molecule has 5 heteroatoms. The summed E-state index contributed by atoms with van der Waals surface area (Å²) < 4.78 is 35.8. The van der Waals surface area contributed by atoms with E-state index >= 15 is 0 Å². The lowest BCUT2D eigenvalue weighted by Gasteiger charge is -2.35. The van der Waals surface area contributed by atoms with Gasteiger partial charge in [0.25, 0.3) is 0 Å². The van der Waals surface area contributed by atoms with Crippen LogP contribution in [-0.2, 0) is 14.8 Å². The number of nitrogens with one attached hydrogen (secondary N) is 1. The molecule has 0 radical (unpaired) electrons. The van der Waals surface area contributed by atoms with Gasteiger partial charge < -0.3 is 4.74 Å². The molecule has 0 unspecified atom stereocenters. The van der Waals surface area contributed by atoms with Gasteiger partial charge in [0.1, 0.15) is 0 Å². The second-order valence-corrected chi connectivity index (χ2v) is 10.3. The van der Waals surface area contributed by atoms with Crippen LogP contribution >= 0.6 is 0 Å². The average molecular weight is 434 g/mol. The number of hydrogen-bond donors (Lipinski definition) is 1. The predicted octanol–water partition coefficient (Wildman–Crippen LogP) is 4.65. The van der Waals surface area contributed by atoms with Crippen molar-refractivity contribution in [2.45, 2.75) is 48.8 Å². The Morgan fingerprint density at radius 2 is 1.35 bits per heavy atom. The summed E-state index contributed by atoms with van der Waals surface area (Å²) in [4.78, 5) is 0.301. The first kappa shape index (κ1) is 20.4. The molecule has 0 saturated carbocycles. The molecule has 1 N–H and O–H groups in total. The minimum Gasteiger partial charge on any atom is -0.373 e. The van der Waals surface area contributed by atoms with Gasteiger partial charge in [0.2, 0.25) is 10.0 Å². The van der Waals surface area contributed by atoms with Gasteiger partial charge in [-0.25, -0.2) is 13.1 Å². The maximum Gasteiger partial charge on any atom is 0.240 e. The zero-order valence-corrected chi connectivity index (χ0v) is 18.3. The Morgan fingerprint density at radius 1 is 0.806 bits per heavy atom. The lowest BCUT2D eigenvalue weighted by Crippen LogP contribution is -2.48. The molecule has 2 bridgehead atoms. The molecule has 4 atom stereocenters. The van der Waals surface area contributed by atoms with E-state index in [1.54, 1.807) is 12.1 Å². The molecule has 2 aliphatic heterocycles. The molecule has 0 aliphatic carbocycles. The Hall–Kier alpha value is -2.47. The third-order valence-electron chi connectivity index (χ3n) is 6.65. The third kappa shape index (κ3) is 3.93. The van der Waals surface area contributed by atoms with Crippen LogP contribution in [0.15, 0.2) is 89.8 Å². The summed E-state index contributed by atoms with van der Waals surface area (Å²) in [6.07, 6.45) is 1.80. The normalized spacial score (nSPS) is 25.2. The quantitative estimate of drug-likeness (QED) is 0.616. The third-order valence-corrected chi connectivity index (χ3v) is 8.13. The van der Waals surface area contributed by atoms with Crippen LogP contribution < -0.4 is 4.72 Å². The van der Waals surface area contributed by atoms with Crippen molar-refractivity contribution in [3.8, 4) is 0 Å². The lowest BCUT2D eigenvalue weighted by atomic mass is 9.71. The number of hydrogen-bond acceptors (Lipinski definition) is 3. The number of sulfonamides is 1. The second kappa shape index (κ2) is 8.23. The second-order valence-electron chi connectivity index (χ2n) is 8.63. The van der Waals surface area contributed by atoms with Crippen molar-refractivity contribution in [3.05, 3.63) is 102 Å². The molecule has 2 saturated heterocycles. The van der Waals surface area contributed by atoms with Crippen LogP contribution in [0.1, 0.15) is 35.4 Å². The minimum absolute atomic E-state index is 0.0313. The monoisotopic (exact) mass is 433 g/mol. The van der Waals surface area contributed by atoms with Crippen molar-refractivity contribution in [2.24, 2.45) is 5.92 Å². The minimum atomic E-state index is -3.64. The van der Waals surface area contributed by atoms with E-state index in [1.165, 1.54) is 11.1 Å². The van der Waals surface area contributed by atoms with Crippen LogP contribution in [0.25, 0.3) is 0 Å². The van der Waals surface area contributed by atoms with Gasteiger partial charge >= 0.3 is 0 Å². The van der Waals surface area contributed by atoms with Gasteiger partial charge in [-0.1, -0.05) is 78.4 Å². The Balaban J connectivity index is 1.53. The summed E-state index contributed by atoms with van der Waals surface area (Å²) in [5.41, 5.74) is 3.41. The maximum absolute atomic E-state index is 13.3. The standard InChI is InChI=1S/C26H27NO3S/c1-18-12-14-21(15-13-18)31(28,29)27-26-23-17-16-22(30-23)25(26)24(19-8-4-2-5-9-19)20-10-6-3-7-11-20/h2-15,22-27H,16-17H2,1H3/t22-,23+,25+,26+/m0/s1. The summed E-state index contributed by atoms with van der Waals surface area (Å²) in [5, 5.41) is 0. The molecular weight excluding hydrogens is 406 g/mol. The van der Waals surface area contributed by atoms with E-state index in [0.29, 0.717) is 4.90 Å². The summed E-state index contributed by atoms with van der Waals surface area (Å²) >= 11 is 0. The van der Waals surface area contributed by atoms with Crippen molar-refractivity contribution < 1.29 is 13.2 Å². The Morgan fingerprint density at radius 3 is 1.94 bits per heavy atom. The van der Waals surface area contributed by atoms with E-state index in [9.17, 15) is 8.42 Å². The molecule has 2 aliphatic rings. The highest BCUT2D eigenvalue weighted by Gasteiger charge is 2.53. The Kier molecular flexibility index (Phi) is 5.42. The SMILES string of the molecule is Cc1ccc(S(=O)(=O)N[C@H]2[C@@H](C(c3ccccc3)c3ccccc3)[C@@H]3CC[C@H]2O3)cc1. The van der Waals surface area contributed by atoms with E-state index < -0.39 is 10.0 Å². The molecule has 4 nitrogen and oxygen atoms in total. The van der Waals surface area contributed by atoms with E-state index in [2.05, 4.69) is 29.0 Å². The smallest absolute Gasteiger partial charge is 0.240 e. The van der Waals surface area contributed by atoms with Gasteiger partial charge in [-0.2, -0.15) is 0 Å². The lowest BCUT2D eigenvalue weighted by molar-refractivity contribution is 0.0885. The summed E-state index contributed by atoms with van der Waals surface area (Å²) in [7, 11) is -3.64. The van der Waals surface area contributed by atoms with Crippen molar-refractivity contribution >= 4 is 10.0 Å². The van der Waals surface area contributed by atoms with E-state index in [-0.39, 0.29) is 30.1 Å². The number of aryl methyl sites for hydroxylation is 1. The van der Waals surface area contributed by atoms with Crippen LogP contribution in [0.5, 0.6) is 0 Å². The van der Waals surface area contributed by atoms with E-state index in [0.717, 1.165) is 18.4 Å². The van der Waals surface area contributed by atoms with Crippen LogP contribution in [0.2, 0.25) is 0 Å². The van der Waals surface area contributed by atoms with Gasteiger partial charge in [-0.15, -0.1) is 0 Å². The molecular formula is C26H27NO3S. The first-order valence-electron chi connectivity index (χ1n) is 10.9. The van der Waals surface area contributed by atoms with Gasteiger partial charge in [-0.05, 0) is 43.0 Å². The van der Waals surface area contributed by atoms with Crippen LogP contribution in [-0.4, -0.2) is 26.7 Å². The molecule has 0 amide bonds. The topological polar surface area (TPSA) is 55.4 Å². The van der Waals surface area contributed by atoms with Crippen molar-refractivity contribution in [2.75, 3.05) is 0 Å². The van der Waals surface area contributed by atoms with Crippen LogP contribution in [0.3, 0.4) is 0 Å². The highest BCUT2D eigenvalue weighted by molar-refractivity contribution is 7.89. The molecule has 2 heterocycles. The van der Waals surface area contributed by atoms with Gasteiger partial charge in [0.15, 0.2) is 0 Å². The van der Waals surface area contributed by atoms with Gasteiger partial charge in [-0.3, -0.25) is 0 Å². The van der Waals surface area contributed by atoms with E-state index in [1.807, 2.05) is 55.5 Å². The summed E-state index contributed by atoms with van der Waals surface area (Å²) in [6.45, 7) is 1.95. The molecule has 0 aromatic heterocycles. The molecule has 3 aromatic rings. The molecule has 2 fully saturated rings. The molecule has 0 spiro atoms. The number of benzene rings is 3. The highest BCUT2D eigenvalue weighted by Crippen LogP contribution is 2.48. The average Bonchev–Trinajstić information content (AvgIpc) is 3.38. The molecule has 31 heavy (non-hydrogen) atoms. The van der Waals surface area contributed by atoms with Crippen molar-refractivity contribution in [1.82, 2.24) is 4.72 Å². The number of ether oxygens (including phenoxy) is 1. The Labute approximate surface area is 184 Å². The fourth-order valence-corrected chi connectivity index (χ4v) is 6.51. The maximum atomic E-state index is 13.3. The molecule has 3 aromatic carbocycles. The fraction of sp³-hybridized carbons (Fsp3) is 0.308. The van der Waals surface area contributed by atoms with Crippen LogP contribution in [0, 0.1) is 12.8 Å². The predicted molar refractivity (Wildman–Crippen MR) is 121 cm³/mol. The van der Waals surface area contributed by atoms with Crippen molar-refractivity contribution in [3.63, 3.8) is 0 Å². The zero-order chi connectivity index (χ0) is 21.4. The molecule has 160 valence electrons. The largest absolute Gasteiger partial charge is 0.373 e. The van der Waals surface area contributed by atoms with Crippen LogP contribution in [0.4, 0.5) is 0 Å². The number of fused-ring (bicyclic) bond motifs is 2. The number of rotatable bonds is 6. The Bertz CT molecular complexity index is 1090. The van der Waals surface area contributed by atoms with E-state index in [4.69, 9.17) is 4.74 Å².